The van der Waals surface area contributed by atoms with Gasteiger partial charge in [-0.25, -0.2) is 0 Å². The molecule has 5 heteroatoms. The van der Waals surface area contributed by atoms with Crippen LogP contribution in [-0.4, -0.2) is 27.6 Å². The van der Waals surface area contributed by atoms with E-state index in [-0.39, 0.29) is 16.7 Å². The molecule has 0 bridgehead atoms. The lowest BCUT2D eigenvalue weighted by Gasteiger charge is -2.50. The van der Waals surface area contributed by atoms with Gasteiger partial charge in [0.2, 0.25) is 0 Å². The van der Waals surface area contributed by atoms with Gasteiger partial charge in [-0.2, -0.15) is 0 Å². The first-order valence-electron chi connectivity index (χ1n) is 11.7. The Morgan fingerprint density at radius 2 is 1.79 bits per heavy atom. The summed E-state index contributed by atoms with van der Waals surface area (Å²) in [6.45, 7) is 15.8. The average Bonchev–Trinajstić information content (AvgIpc) is 2.97. The lowest BCUT2D eigenvalue weighted by atomic mass is 9.78. The van der Waals surface area contributed by atoms with Crippen LogP contribution in [0.3, 0.4) is 0 Å². The van der Waals surface area contributed by atoms with Crippen molar-refractivity contribution < 1.29 is 9.59 Å². The Balaban J connectivity index is 1.66. The van der Waals surface area contributed by atoms with Crippen molar-refractivity contribution >= 4 is 34.7 Å². The van der Waals surface area contributed by atoms with Crippen LogP contribution in [-0.2, 0) is 11.3 Å². The van der Waals surface area contributed by atoms with Crippen LogP contribution < -0.4 is 4.90 Å². The monoisotopic (exact) mass is 462 g/mol. The van der Waals surface area contributed by atoms with E-state index in [1.54, 1.807) is 0 Å². The van der Waals surface area contributed by atoms with Crippen molar-refractivity contribution in [2.75, 3.05) is 4.90 Å². The highest BCUT2D eigenvalue weighted by atomic mass is 32.2. The molecule has 0 spiro atoms. The third-order valence-corrected chi connectivity index (χ3v) is 7.71. The molecule has 2 aromatic carbocycles. The first-order valence-corrected chi connectivity index (χ1v) is 12.5. The molecule has 1 fully saturated rings. The molecule has 2 heterocycles. The van der Waals surface area contributed by atoms with Crippen molar-refractivity contribution in [3.8, 4) is 0 Å². The molecule has 0 saturated carbocycles. The summed E-state index contributed by atoms with van der Waals surface area (Å²) >= 11 is 1.04. The van der Waals surface area contributed by atoms with Gasteiger partial charge in [0, 0.05) is 17.3 Å². The molecule has 174 valence electrons. The van der Waals surface area contributed by atoms with Crippen molar-refractivity contribution in [1.82, 2.24) is 4.90 Å². The molecule has 2 amide bonds. The summed E-state index contributed by atoms with van der Waals surface area (Å²) in [6, 6.07) is 12.8. The average molecular weight is 463 g/mol. The quantitative estimate of drug-likeness (QED) is 0.457. The van der Waals surface area contributed by atoms with E-state index in [1.807, 2.05) is 37.3 Å². The lowest BCUT2D eigenvalue weighted by Crippen LogP contribution is -2.51. The van der Waals surface area contributed by atoms with Gasteiger partial charge >= 0.3 is 0 Å². The van der Waals surface area contributed by atoms with Gasteiger partial charge in [0.25, 0.3) is 11.1 Å². The second-order valence-corrected chi connectivity index (χ2v) is 11.4. The molecule has 4 rings (SSSR count). The van der Waals surface area contributed by atoms with Crippen molar-refractivity contribution in [1.29, 1.82) is 0 Å². The number of amides is 2. The number of carbonyl (C=O) groups is 2. The third-order valence-electron chi connectivity index (χ3n) is 6.80. The van der Waals surface area contributed by atoms with Gasteiger partial charge in [-0.3, -0.25) is 14.5 Å². The zero-order valence-corrected chi connectivity index (χ0v) is 21.5. The number of carbonyl (C=O) groups excluding carboxylic acids is 2. The van der Waals surface area contributed by atoms with Gasteiger partial charge in [-0.1, -0.05) is 36.8 Å². The van der Waals surface area contributed by atoms with Crippen LogP contribution in [0, 0.1) is 13.8 Å². The first kappa shape index (κ1) is 23.6. The van der Waals surface area contributed by atoms with Gasteiger partial charge in [0.1, 0.15) is 0 Å². The van der Waals surface area contributed by atoms with Crippen LogP contribution in [0.1, 0.15) is 74.8 Å². The molecule has 0 N–H and O–H groups in total. The van der Waals surface area contributed by atoms with Crippen molar-refractivity contribution in [3.05, 3.63) is 69.1 Å². The van der Waals surface area contributed by atoms with E-state index < -0.39 is 0 Å². The fourth-order valence-electron chi connectivity index (χ4n) is 5.40. The minimum absolute atomic E-state index is 0.0904. The fourth-order valence-corrected chi connectivity index (χ4v) is 6.23. The Morgan fingerprint density at radius 1 is 1.12 bits per heavy atom. The second kappa shape index (κ2) is 8.68. The number of benzene rings is 2. The largest absolute Gasteiger partial charge is 0.364 e. The maximum Gasteiger partial charge on any atom is 0.293 e. The summed E-state index contributed by atoms with van der Waals surface area (Å²) < 4.78 is 0. The van der Waals surface area contributed by atoms with Crippen molar-refractivity contribution in [2.45, 2.75) is 78.9 Å². The summed E-state index contributed by atoms with van der Waals surface area (Å²) in [5, 5.41) is -0.205. The Hall–Kier alpha value is -2.53. The predicted molar refractivity (Wildman–Crippen MR) is 139 cm³/mol. The normalized spacial score (nSPS) is 21.3. The standard InChI is InChI=1S/C28H34N2O2S/c1-17(2)30-24-12-19(4)22(13-23(24)20(5)15-28(30,6)7)14-25-26(31)29(27(32)33-25)16-21-10-8-18(3)9-11-21/h8-14,17,20H,15-16H2,1-7H3/b25-14-/t20-/m0/s1. The van der Waals surface area contributed by atoms with Gasteiger partial charge in [-0.05, 0) is 106 Å². The summed E-state index contributed by atoms with van der Waals surface area (Å²) in [7, 11) is 0. The van der Waals surface area contributed by atoms with Crippen LogP contribution in [0.2, 0.25) is 0 Å². The second-order valence-electron chi connectivity index (χ2n) is 10.4. The molecular weight excluding hydrogens is 428 g/mol. The highest BCUT2D eigenvalue weighted by Crippen LogP contribution is 2.46. The van der Waals surface area contributed by atoms with Crippen LogP contribution in [0.4, 0.5) is 10.5 Å². The SMILES string of the molecule is Cc1ccc(CN2C(=O)S/C(=C\c3cc4c(cc3C)N(C(C)C)C(C)(C)C[C@@H]4C)C2=O)cc1. The first-order chi connectivity index (χ1) is 15.5. The maximum atomic E-state index is 13.1. The van der Waals surface area contributed by atoms with Gasteiger partial charge < -0.3 is 4.90 Å². The molecule has 0 aliphatic carbocycles. The highest BCUT2D eigenvalue weighted by Gasteiger charge is 2.38. The number of anilines is 1. The fraction of sp³-hybridized carbons (Fsp3) is 0.429. The molecule has 0 aromatic heterocycles. The number of hydrogen-bond acceptors (Lipinski definition) is 4. The molecule has 33 heavy (non-hydrogen) atoms. The Morgan fingerprint density at radius 3 is 2.42 bits per heavy atom. The Bertz CT molecular complexity index is 1130. The molecule has 0 radical (unpaired) electrons. The van der Waals surface area contributed by atoms with Crippen LogP contribution in [0.15, 0.2) is 41.3 Å². The van der Waals surface area contributed by atoms with E-state index in [0.717, 1.165) is 40.4 Å². The van der Waals surface area contributed by atoms with Crippen molar-refractivity contribution in [3.63, 3.8) is 0 Å². The van der Waals surface area contributed by atoms with E-state index in [1.165, 1.54) is 16.2 Å². The summed E-state index contributed by atoms with van der Waals surface area (Å²) in [6.07, 6.45) is 2.98. The van der Waals surface area contributed by atoms with Crippen LogP contribution in [0.5, 0.6) is 0 Å². The summed E-state index contributed by atoms with van der Waals surface area (Å²) in [4.78, 5) is 30.1. The molecule has 2 aliphatic heterocycles. The number of thioether (sulfide) groups is 1. The molecule has 0 unspecified atom stereocenters. The Kier molecular flexibility index (Phi) is 6.21. The lowest BCUT2D eigenvalue weighted by molar-refractivity contribution is -0.123. The molecule has 2 aliphatic rings. The van der Waals surface area contributed by atoms with Gasteiger partial charge in [0.05, 0.1) is 11.4 Å². The zero-order chi connectivity index (χ0) is 24.1. The zero-order valence-electron chi connectivity index (χ0n) is 20.7. The smallest absolute Gasteiger partial charge is 0.293 e. The molecule has 2 aromatic rings. The van der Waals surface area contributed by atoms with Gasteiger partial charge in [-0.15, -0.1) is 0 Å². The number of aryl methyl sites for hydroxylation is 2. The highest BCUT2D eigenvalue weighted by molar-refractivity contribution is 8.18. The Labute approximate surface area is 202 Å². The minimum atomic E-state index is -0.208. The van der Waals surface area contributed by atoms with E-state index >= 15 is 0 Å². The number of imide groups is 1. The maximum absolute atomic E-state index is 13.1. The topological polar surface area (TPSA) is 40.6 Å². The minimum Gasteiger partial charge on any atom is -0.364 e. The summed E-state index contributed by atoms with van der Waals surface area (Å²) in [5.41, 5.74) is 6.95. The van der Waals surface area contributed by atoms with E-state index in [2.05, 4.69) is 58.6 Å². The van der Waals surface area contributed by atoms with Crippen LogP contribution in [0.25, 0.3) is 6.08 Å². The summed E-state index contributed by atoms with van der Waals surface area (Å²) in [5.74, 6) is 0.218. The van der Waals surface area contributed by atoms with E-state index in [9.17, 15) is 9.59 Å². The van der Waals surface area contributed by atoms with Crippen LogP contribution >= 0.6 is 11.8 Å². The molecule has 1 atom stereocenters. The van der Waals surface area contributed by atoms with Crippen molar-refractivity contribution in [2.24, 2.45) is 0 Å². The number of nitrogens with zero attached hydrogens (tertiary/aromatic N) is 2. The number of hydrogen-bond donors (Lipinski definition) is 0. The molecular formula is C28H34N2O2S. The van der Waals surface area contributed by atoms with E-state index in [4.69, 9.17) is 0 Å². The molecule has 4 nitrogen and oxygen atoms in total. The van der Waals surface area contributed by atoms with Gasteiger partial charge in [0.15, 0.2) is 0 Å². The number of rotatable bonds is 4. The van der Waals surface area contributed by atoms with E-state index in [0.29, 0.717) is 23.4 Å². The number of fused-ring (bicyclic) bond motifs is 1. The molecule has 1 saturated heterocycles. The third kappa shape index (κ3) is 4.48. The predicted octanol–water partition coefficient (Wildman–Crippen LogP) is 7.04.